The van der Waals surface area contributed by atoms with Crippen LogP contribution in [0.2, 0.25) is 0 Å². The molecular formula is C20H33IN4O2. The summed E-state index contributed by atoms with van der Waals surface area (Å²) in [7, 11) is 0. The predicted molar refractivity (Wildman–Crippen MR) is 122 cm³/mol. The third kappa shape index (κ3) is 9.44. The topological polar surface area (TPSA) is 58.1 Å². The molecule has 1 aliphatic rings. The fourth-order valence-corrected chi connectivity index (χ4v) is 2.76. The molecule has 27 heavy (non-hydrogen) atoms. The zero-order chi connectivity index (χ0) is 18.5. The first kappa shape index (κ1) is 23.7. The molecular weight excluding hydrogens is 455 g/mol. The molecule has 1 fully saturated rings. The van der Waals surface area contributed by atoms with E-state index in [-0.39, 0.29) is 24.0 Å². The van der Waals surface area contributed by atoms with Crippen molar-refractivity contribution in [2.45, 2.75) is 19.9 Å². The van der Waals surface area contributed by atoms with Gasteiger partial charge in [0.25, 0.3) is 0 Å². The molecule has 2 N–H and O–H groups in total. The molecule has 0 radical (unpaired) electrons. The molecule has 2 rings (SSSR count). The lowest BCUT2D eigenvalue weighted by molar-refractivity contribution is 0.0376. The average molecular weight is 488 g/mol. The highest BCUT2D eigenvalue weighted by Gasteiger charge is 2.09. The molecule has 0 spiro atoms. The van der Waals surface area contributed by atoms with E-state index in [1.54, 1.807) is 6.08 Å². The van der Waals surface area contributed by atoms with Crippen molar-refractivity contribution >= 4 is 29.9 Å². The molecule has 0 saturated carbocycles. The van der Waals surface area contributed by atoms with Gasteiger partial charge in [0, 0.05) is 31.7 Å². The van der Waals surface area contributed by atoms with E-state index in [0.717, 1.165) is 69.6 Å². The van der Waals surface area contributed by atoms with E-state index in [0.29, 0.717) is 13.2 Å². The van der Waals surface area contributed by atoms with E-state index in [9.17, 15) is 0 Å². The quantitative estimate of drug-likeness (QED) is 0.174. The van der Waals surface area contributed by atoms with Gasteiger partial charge in [-0.05, 0) is 26.0 Å². The number of rotatable bonds is 10. The number of para-hydroxylation sites is 1. The van der Waals surface area contributed by atoms with Crippen LogP contribution in [0.5, 0.6) is 5.75 Å². The Morgan fingerprint density at radius 1 is 1.30 bits per heavy atom. The summed E-state index contributed by atoms with van der Waals surface area (Å²) in [6, 6.07) is 8.00. The smallest absolute Gasteiger partial charge is 0.191 e. The first-order valence-electron chi connectivity index (χ1n) is 9.47. The van der Waals surface area contributed by atoms with E-state index in [4.69, 9.17) is 14.5 Å². The van der Waals surface area contributed by atoms with Crippen LogP contribution in [0.25, 0.3) is 0 Å². The Bertz CT molecular complexity index is 563. The summed E-state index contributed by atoms with van der Waals surface area (Å²) in [6.45, 7) is 13.5. The number of guanidine groups is 1. The Balaban J connectivity index is 0.00000364. The number of nitrogens with zero attached hydrogens (tertiary/aromatic N) is 2. The minimum Gasteiger partial charge on any atom is -0.489 e. The summed E-state index contributed by atoms with van der Waals surface area (Å²) >= 11 is 0. The maximum atomic E-state index is 5.70. The third-order valence-corrected chi connectivity index (χ3v) is 4.13. The molecule has 1 aromatic rings. The minimum absolute atomic E-state index is 0. The Morgan fingerprint density at radius 3 is 2.81 bits per heavy atom. The molecule has 0 atom stereocenters. The van der Waals surface area contributed by atoms with Crippen molar-refractivity contribution in [2.24, 2.45) is 4.99 Å². The summed E-state index contributed by atoms with van der Waals surface area (Å²) in [4.78, 5) is 7.14. The van der Waals surface area contributed by atoms with Crippen LogP contribution in [0.15, 0.2) is 41.9 Å². The van der Waals surface area contributed by atoms with Crippen LogP contribution in [0.4, 0.5) is 0 Å². The third-order valence-electron chi connectivity index (χ3n) is 4.13. The summed E-state index contributed by atoms with van der Waals surface area (Å²) in [5.74, 6) is 1.70. The number of aliphatic imine (C=N–C) groups is 1. The van der Waals surface area contributed by atoms with Crippen molar-refractivity contribution in [1.29, 1.82) is 0 Å². The van der Waals surface area contributed by atoms with Gasteiger partial charge in [-0.25, -0.2) is 4.99 Å². The maximum Gasteiger partial charge on any atom is 0.191 e. The van der Waals surface area contributed by atoms with Gasteiger partial charge in [-0.3, -0.25) is 4.90 Å². The molecule has 152 valence electrons. The van der Waals surface area contributed by atoms with Crippen molar-refractivity contribution in [1.82, 2.24) is 15.5 Å². The van der Waals surface area contributed by atoms with Crippen LogP contribution in [0, 0.1) is 0 Å². The first-order chi connectivity index (χ1) is 12.8. The van der Waals surface area contributed by atoms with Gasteiger partial charge in [-0.2, -0.15) is 0 Å². The second kappa shape index (κ2) is 14.7. The molecule has 0 aliphatic carbocycles. The highest BCUT2D eigenvalue weighted by atomic mass is 127. The van der Waals surface area contributed by atoms with Crippen molar-refractivity contribution in [3.63, 3.8) is 0 Å². The molecule has 7 heteroatoms. The van der Waals surface area contributed by atoms with Crippen molar-refractivity contribution < 1.29 is 9.47 Å². The van der Waals surface area contributed by atoms with Crippen molar-refractivity contribution in [3.05, 3.63) is 42.5 Å². The fraction of sp³-hybridized carbons (Fsp3) is 0.550. The Labute approximate surface area is 180 Å². The molecule has 6 nitrogen and oxygen atoms in total. The van der Waals surface area contributed by atoms with Gasteiger partial charge in [0.15, 0.2) is 5.96 Å². The van der Waals surface area contributed by atoms with Crippen LogP contribution in [0.1, 0.15) is 18.9 Å². The highest BCUT2D eigenvalue weighted by Crippen LogP contribution is 2.18. The Kier molecular flexibility index (Phi) is 12.9. The zero-order valence-corrected chi connectivity index (χ0v) is 18.6. The highest BCUT2D eigenvalue weighted by molar-refractivity contribution is 14.0. The number of ether oxygens (including phenoxy) is 2. The molecule has 0 aromatic heterocycles. The second-order valence-corrected chi connectivity index (χ2v) is 6.14. The molecule has 0 unspecified atom stereocenters. The van der Waals surface area contributed by atoms with Gasteiger partial charge >= 0.3 is 0 Å². The van der Waals surface area contributed by atoms with Gasteiger partial charge in [0.05, 0.1) is 19.8 Å². The normalized spacial score (nSPS) is 14.9. The second-order valence-electron chi connectivity index (χ2n) is 6.14. The summed E-state index contributed by atoms with van der Waals surface area (Å²) in [6.07, 6.45) is 2.84. The summed E-state index contributed by atoms with van der Waals surface area (Å²) in [5, 5.41) is 6.72. The van der Waals surface area contributed by atoms with Gasteiger partial charge in [-0.15, -0.1) is 24.0 Å². The molecule has 1 heterocycles. The molecule has 0 amide bonds. The average Bonchev–Trinajstić information content (AvgIpc) is 2.69. The van der Waals surface area contributed by atoms with E-state index >= 15 is 0 Å². The van der Waals surface area contributed by atoms with E-state index < -0.39 is 0 Å². The number of hydrogen-bond acceptors (Lipinski definition) is 4. The molecule has 1 saturated heterocycles. The van der Waals surface area contributed by atoms with Gasteiger partial charge in [0.2, 0.25) is 0 Å². The van der Waals surface area contributed by atoms with Gasteiger partial charge in [-0.1, -0.05) is 30.9 Å². The van der Waals surface area contributed by atoms with Crippen LogP contribution in [-0.2, 0) is 11.3 Å². The SMILES string of the molecule is C=CCOc1ccccc1CN=C(NCC)NCCCN1CCOCC1.I. The maximum absolute atomic E-state index is 5.70. The first-order valence-corrected chi connectivity index (χ1v) is 9.47. The van der Waals surface area contributed by atoms with Crippen molar-refractivity contribution in [3.8, 4) is 5.75 Å². The lowest BCUT2D eigenvalue weighted by Crippen LogP contribution is -2.40. The van der Waals surface area contributed by atoms with Gasteiger partial charge < -0.3 is 20.1 Å². The lowest BCUT2D eigenvalue weighted by Gasteiger charge is -2.26. The molecule has 1 aromatic carbocycles. The van der Waals surface area contributed by atoms with E-state index in [1.807, 2.05) is 24.3 Å². The largest absolute Gasteiger partial charge is 0.489 e. The Morgan fingerprint density at radius 2 is 2.07 bits per heavy atom. The minimum atomic E-state index is 0. The number of nitrogens with one attached hydrogen (secondary N) is 2. The van der Waals surface area contributed by atoms with Gasteiger partial charge in [0.1, 0.15) is 12.4 Å². The van der Waals surface area contributed by atoms with Crippen LogP contribution < -0.4 is 15.4 Å². The number of halogens is 1. The number of benzene rings is 1. The summed E-state index contributed by atoms with van der Waals surface area (Å²) < 4.78 is 11.1. The standard InChI is InChI=1S/C20H32N4O2.HI/c1-3-14-26-19-9-6-5-8-18(19)17-23-20(21-4-2)22-10-7-11-24-12-15-25-16-13-24;/h3,5-6,8-9H,1,4,7,10-17H2,2H3,(H2,21,22,23);1H. The van der Waals surface area contributed by atoms with Crippen LogP contribution in [0.3, 0.4) is 0 Å². The number of morpholine rings is 1. The van der Waals surface area contributed by atoms with Crippen LogP contribution >= 0.6 is 24.0 Å². The fourth-order valence-electron chi connectivity index (χ4n) is 2.76. The lowest BCUT2D eigenvalue weighted by atomic mass is 10.2. The van der Waals surface area contributed by atoms with E-state index in [1.165, 1.54) is 0 Å². The monoisotopic (exact) mass is 488 g/mol. The Hall–Kier alpha value is -1.32. The van der Waals surface area contributed by atoms with Crippen molar-refractivity contribution in [2.75, 3.05) is 52.5 Å². The molecule has 1 aliphatic heterocycles. The molecule has 0 bridgehead atoms. The number of hydrogen-bond donors (Lipinski definition) is 2. The predicted octanol–water partition coefficient (Wildman–Crippen LogP) is 2.65. The van der Waals surface area contributed by atoms with E-state index in [2.05, 4.69) is 29.0 Å². The van der Waals surface area contributed by atoms with Crippen LogP contribution in [-0.4, -0.2) is 63.4 Å². The summed E-state index contributed by atoms with van der Waals surface area (Å²) in [5.41, 5.74) is 1.07. The zero-order valence-electron chi connectivity index (χ0n) is 16.3.